The molecule has 9 nitrogen and oxygen atoms in total. The Kier molecular flexibility index (Phi) is 8.35. The summed E-state index contributed by atoms with van der Waals surface area (Å²) in [6.07, 6.45) is 1.72. The number of rotatable bonds is 6. The maximum absolute atomic E-state index is 13.2. The van der Waals surface area contributed by atoms with Crippen LogP contribution in [-0.4, -0.2) is 38.1 Å². The van der Waals surface area contributed by atoms with Crippen molar-refractivity contribution in [1.82, 2.24) is 14.8 Å². The van der Waals surface area contributed by atoms with Gasteiger partial charge in [0.15, 0.2) is 5.78 Å². The summed E-state index contributed by atoms with van der Waals surface area (Å²) < 4.78 is 20.0. The number of Topliss-reactive ketones (excluding diaryl/α,β-unsaturated/α-hetero) is 1. The van der Waals surface area contributed by atoms with Gasteiger partial charge in [-0.25, -0.2) is 18.9 Å². The fourth-order valence-corrected chi connectivity index (χ4v) is 3.53. The van der Waals surface area contributed by atoms with Crippen molar-refractivity contribution in [3.63, 3.8) is 0 Å². The highest BCUT2D eigenvalue weighted by Crippen LogP contribution is 2.25. The summed E-state index contributed by atoms with van der Waals surface area (Å²) >= 11 is 0. The fraction of sp³-hybridized carbons (Fsp3) is 0.167. The van der Waals surface area contributed by atoms with Crippen LogP contribution in [0.4, 0.5) is 20.6 Å². The molecule has 2 amide bonds. The zero-order valence-corrected chi connectivity index (χ0v) is 22.1. The predicted molar refractivity (Wildman–Crippen MR) is 148 cm³/mol. The minimum atomic E-state index is -0.735. The van der Waals surface area contributed by atoms with Crippen molar-refractivity contribution >= 4 is 29.2 Å². The number of ketones is 1. The van der Waals surface area contributed by atoms with Crippen molar-refractivity contribution in [2.45, 2.75) is 32.8 Å². The number of anilines is 2. The topological polar surface area (TPSA) is 115 Å². The van der Waals surface area contributed by atoms with Crippen LogP contribution in [0.2, 0.25) is 0 Å². The number of halogens is 1. The third kappa shape index (κ3) is 7.85. The van der Waals surface area contributed by atoms with Gasteiger partial charge < -0.3 is 10.1 Å². The molecule has 1 heterocycles. The van der Waals surface area contributed by atoms with E-state index in [1.54, 1.807) is 75.4 Å². The zero-order valence-electron chi connectivity index (χ0n) is 22.1. The summed E-state index contributed by atoms with van der Waals surface area (Å²) in [5.41, 5.74) is 1.82. The highest BCUT2D eigenvalue weighted by molar-refractivity contribution is 6.12. The zero-order chi connectivity index (χ0) is 28.7. The number of nitrogens with zero attached hydrogens (tertiary/aromatic N) is 3. The van der Waals surface area contributed by atoms with E-state index in [4.69, 9.17) is 4.74 Å². The van der Waals surface area contributed by atoms with Crippen LogP contribution >= 0.6 is 0 Å². The molecule has 0 radical (unpaired) electrons. The van der Waals surface area contributed by atoms with Crippen molar-refractivity contribution in [2.75, 3.05) is 10.6 Å². The number of amides is 2. The van der Waals surface area contributed by atoms with E-state index in [1.807, 2.05) is 0 Å². The molecular weight excluding hydrogens is 513 g/mol. The van der Waals surface area contributed by atoms with Crippen LogP contribution in [0.5, 0.6) is 0 Å². The van der Waals surface area contributed by atoms with Crippen molar-refractivity contribution in [3.8, 4) is 17.5 Å². The standard InChI is InChI=1S/C30H26FN5O4/c1-30(2,3)40-29(39)35-25-14-11-21(8-7-20-9-12-23(31)13-10-20)15-26(25)34-28(38)17-27(37)22-5-4-6-24(16-22)36-19-32-18-33-36/h4-6,9-16,18-19H,17H2,1-3H3,(H,34,38)(H,35,39). The van der Waals surface area contributed by atoms with Gasteiger partial charge in [-0.1, -0.05) is 24.0 Å². The third-order valence-corrected chi connectivity index (χ3v) is 5.30. The SMILES string of the molecule is CC(C)(C)OC(=O)Nc1ccc(C#Cc2ccc(F)cc2)cc1NC(=O)CC(=O)c1cccc(-n2cncn2)c1. The van der Waals surface area contributed by atoms with Crippen LogP contribution < -0.4 is 10.6 Å². The minimum Gasteiger partial charge on any atom is -0.444 e. The second-order valence-electron chi connectivity index (χ2n) is 9.68. The first-order valence-corrected chi connectivity index (χ1v) is 12.3. The molecule has 202 valence electrons. The Morgan fingerprint density at radius 1 is 0.925 bits per heavy atom. The number of carbonyl (C=O) groups is 3. The Balaban J connectivity index is 1.54. The summed E-state index contributed by atoms with van der Waals surface area (Å²) in [5.74, 6) is 4.51. The molecule has 1 aromatic heterocycles. The number of aromatic nitrogens is 3. The van der Waals surface area contributed by atoms with Crippen molar-refractivity contribution in [3.05, 3.63) is 102 Å². The Morgan fingerprint density at radius 3 is 2.35 bits per heavy atom. The fourth-order valence-electron chi connectivity index (χ4n) is 3.53. The lowest BCUT2D eigenvalue weighted by Gasteiger charge is -2.20. The molecule has 0 fully saturated rings. The summed E-state index contributed by atoms with van der Waals surface area (Å²) in [6.45, 7) is 5.19. The smallest absolute Gasteiger partial charge is 0.412 e. The van der Waals surface area contributed by atoms with Crippen LogP contribution in [0.1, 0.15) is 48.7 Å². The monoisotopic (exact) mass is 539 g/mol. The molecule has 0 unspecified atom stereocenters. The molecule has 0 aliphatic carbocycles. The van der Waals surface area contributed by atoms with E-state index in [0.717, 1.165) is 0 Å². The maximum Gasteiger partial charge on any atom is 0.412 e. The molecule has 0 bridgehead atoms. The van der Waals surface area contributed by atoms with Gasteiger partial charge >= 0.3 is 6.09 Å². The Morgan fingerprint density at radius 2 is 1.65 bits per heavy atom. The molecule has 2 N–H and O–H groups in total. The van der Waals surface area contributed by atoms with Crippen LogP contribution in [0.25, 0.3) is 5.69 Å². The molecule has 0 saturated heterocycles. The van der Waals surface area contributed by atoms with Crippen LogP contribution in [-0.2, 0) is 9.53 Å². The van der Waals surface area contributed by atoms with Gasteiger partial charge in [-0.2, -0.15) is 5.10 Å². The van der Waals surface area contributed by atoms with Gasteiger partial charge in [0.05, 0.1) is 23.5 Å². The lowest BCUT2D eigenvalue weighted by molar-refractivity contribution is -0.115. The maximum atomic E-state index is 13.2. The number of ether oxygens (including phenoxy) is 1. The van der Waals surface area contributed by atoms with Gasteiger partial charge in [0.2, 0.25) is 5.91 Å². The first kappa shape index (κ1) is 27.7. The molecule has 10 heteroatoms. The first-order chi connectivity index (χ1) is 19.1. The van der Waals surface area contributed by atoms with E-state index in [1.165, 1.54) is 29.5 Å². The Bertz CT molecular complexity index is 1600. The summed E-state index contributed by atoms with van der Waals surface area (Å²) in [5, 5.41) is 9.36. The summed E-state index contributed by atoms with van der Waals surface area (Å²) in [6, 6.07) is 17.2. The van der Waals surface area contributed by atoms with Gasteiger partial charge in [-0.05, 0) is 75.4 Å². The molecule has 0 aliphatic rings. The van der Waals surface area contributed by atoms with E-state index in [-0.39, 0.29) is 17.2 Å². The van der Waals surface area contributed by atoms with Gasteiger partial charge in [0.1, 0.15) is 24.1 Å². The van der Waals surface area contributed by atoms with E-state index in [0.29, 0.717) is 22.4 Å². The molecular formula is C30H26FN5O4. The first-order valence-electron chi connectivity index (χ1n) is 12.3. The molecule has 40 heavy (non-hydrogen) atoms. The van der Waals surface area contributed by atoms with Crippen LogP contribution in [0, 0.1) is 17.7 Å². The lowest BCUT2D eigenvalue weighted by atomic mass is 10.1. The number of hydrogen-bond acceptors (Lipinski definition) is 6. The van der Waals surface area contributed by atoms with Crippen LogP contribution in [0.15, 0.2) is 79.4 Å². The molecule has 4 aromatic rings. The average Bonchev–Trinajstić information content (AvgIpc) is 3.44. The van der Waals surface area contributed by atoms with Crippen molar-refractivity contribution in [1.29, 1.82) is 0 Å². The van der Waals surface area contributed by atoms with E-state index < -0.39 is 29.8 Å². The van der Waals surface area contributed by atoms with Crippen LogP contribution in [0.3, 0.4) is 0 Å². The second-order valence-corrected chi connectivity index (χ2v) is 9.68. The molecule has 0 spiro atoms. The predicted octanol–water partition coefficient (Wildman–Crippen LogP) is 5.36. The largest absolute Gasteiger partial charge is 0.444 e. The van der Waals surface area contributed by atoms with Gasteiger partial charge in [0.25, 0.3) is 0 Å². The second kappa shape index (κ2) is 12.0. The summed E-state index contributed by atoms with van der Waals surface area (Å²) in [4.78, 5) is 42.1. The highest BCUT2D eigenvalue weighted by atomic mass is 19.1. The number of nitrogens with one attached hydrogen (secondary N) is 2. The highest BCUT2D eigenvalue weighted by Gasteiger charge is 2.19. The van der Waals surface area contributed by atoms with E-state index in [2.05, 4.69) is 32.6 Å². The molecule has 3 aromatic carbocycles. The lowest BCUT2D eigenvalue weighted by Crippen LogP contribution is -2.27. The third-order valence-electron chi connectivity index (χ3n) is 5.30. The Labute approximate surface area is 230 Å². The number of benzene rings is 3. The Hall–Kier alpha value is -5.30. The van der Waals surface area contributed by atoms with Crippen molar-refractivity contribution < 1.29 is 23.5 Å². The average molecular weight is 540 g/mol. The number of carbonyl (C=O) groups excluding carboxylic acids is 3. The quantitative estimate of drug-likeness (QED) is 0.194. The van der Waals surface area contributed by atoms with Gasteiger partial charge in [-0.3, -0.25) is 14.9 Å². The van der Waals surface area contributed by atoms with Crippen molar-refractivity contribution in [2.24, 2.45) is 0 Å². The number of hydrogen-bond donors (Lipinski definition) is 2. The molecule has 4 rings (SSSR count). The van der Waals surface area contributed by atoms with E-state index in [9.17, 15) is 18.8 Å². The van der Waals surface area contributed by atoms with Gasteiger partial charge in [-0.15, -0.1) is 0 Å². The van der Waals surface area contributed by atoms with E-state index >= 15 is 0 Å². The molecule has 0 saturated carbocycles. The molecule has 0 atom stereocenters. The van der Waals surface area contributed by atoms with Gasteiger partial charge in [0, 0.05) is 16.7 Å². The normalized spacial score (nSPS) is 10.7. The molecule has 0 aliphatic heterocycles. The minimum absolute atomic E-state index is 0.228. The summed E-state index contributed by atoms with van der Waals surface area (Å²) in [7, 11) is 0.